The Morgan fingerprint density at radius 1 is 1.31 bits per heavy atom. The van der Waals surface area contributed by atoms with Gasteiger partial charge >= 0.3 is 0 Å². The summed E-state index contributed by atoms with van der Waals surface area (Å²) < 4.78 is 16.4. The summed E-state index contributed by atoms with van der Waals surface area (Å²) in [6.07, 6.45) is 0.197. The first-order chi connectivity index (χ1) is 7.74. The summed E-state index contributed by atoms with van der Waals surface area (Å²) in [6.45, 7) is 2.92. The van der Waals surface area contributed by atoms with Gasteiger partial charge in [-0.25, -0.2) is 0 Å². The molecule has 0 bridgehead atoms. The van der Waals surface area contributed by atoms with Gasteiger partial charge in [-0.05, 0) is 19.1 Å². The average Bonchev–Trinajstić information content (AvgIpc) is 2.51. The van der Waals surface area contributed by atoms with E-state index in [-0.39, 0.29) is 0 Å². The highest BCUT2D eigenvalue weighted by atomic mass is 16.5. The highest BCUT2D eigenvalue weighted by Crippen LogP contribution is 2.42. The van der Waals surface area contributed by atoms with E-state index in [4.69, 9.17) is 14.2 Å². The molecule has 0 radical (unpaired) electrons. The minimum atomic E-state index is -0.647. The number of methoxy groups -OCH3 is 1. The van der Waals surface area contributed by atoms with Crippen LogP contribution in [0.5, 0.6) is 17.2 Å². The van der Waals surface area contributed by atoms with Gasteiger partial charge in [-0.2, -0.15) is 0 Å². The van der Waals surface area contributed by atoms with Crippen LogP contribution in [-0.4, -0.2) is 25.4 Å². The Hall–Kier alpha value is -1.42. The van der Waals surface area contributed by atoms with Crippen LogP contribution in [0.25, 0.3) is 0 Å². The molecular weight excluding hydrogens is 208 g/mol. The second kappa shape index (κ2) is 4.61. The number of hydrogen-bond donors (Lipinski definition) is 1. The highest BCUT2D eigenvalue weighted by molar-refractivity contribution is 5.55. The number of benzene rings is 1. The third kappa shape index (κ3) is 1.93. The quantitative estimate of drug-likeness (QED) is 0.833. The van der Waals surface area contributed by atoms with Crippen molar-refractivity contribution in [3.8, 4) is 17.2 Å². The molecule has 0 saturated carbocycles. The normalized spacial score (nSPS) is 16.4. The number of ether oxygens (including phenoxy) is 3. The van der Waals surface area contributed by atoms with Crippen molar-refractivity contribution in [2.75, 3.05) is 20.3 Å². The Balaban J connectivity index is 2.52. The number of aliphatic hydroxyl groups excluding tert-OH is 1. The van der Waals surface area contributed by atoms with Crippen LogP contribution in [0.15, 0.2) is 12.1 Å². The second-order valence-electron chi connectivity index (χ2n) is 3.74. The van der Waals surface area contributed by atoms with Crippen molar-refractivity contribution >= 4 is 0 Å². The van der Waals surface area contributed by atoms with Gasteiger partial charge in [0.05, 0.1) is 32.0 Å². The molecule has 0 aliphatic carbocycles. The second-order valence-corrected chi connectivity index (χ2v) is 3.74. The van der Waals surface area contributed by atoms with Gasteiger partial charge in [0.1, 0.15) is 5.75 Å². The largest absolute Gasteiger partial charge is 0.496 e. The summed E-state index contributed by atoms with van der Waals surface area (Å²) in [5, 5.41) is 9.77. The summed E-state index contributed by atoms with van der Waals surface area (Å²) in [4.78, 5) is 0. The molecule has 1 aromatic carbocycles. The predicted octanol–water partition coefficient (Wildman–Crippen LogP) is 1.91. The molecule has 4 nitrogen and oxygen atoms in total. The van der Waals surface area contributed by atoms with Crippen LogP contribution >= 0.6 is 0 Å². The van der Waals surface area contributed by atoms with Crippen molar-refractivity contribution in [2.24, 2.45) is 0 Å². The standard InChI is InChI=1S/C12H16O4/c1-8(13)11-9(14-2)4-5-10-12(11)16-7-3-6-15-10/h4-5,8,13H,3,6-7H2,1-2H3. The van der Waals surface area contributed by atoms with E-state index in [2.05, 4.69) is 0 Å². The van der Waals surface area contributed by atoms with Crippen LogP contribution in [0.1, 0.15) is 25.0 Å². The SMILES string of the molecule is COc1ccc2c(c1C(C)O)OCCCO2. The molecule has 1 aliphatic heterocycles. The molecule has 88 valence electrons. The van der Waals surface area contributed by atoms with E-state index < -0.39 is 6.10 Å². The Labute approximate surface area is 94.8 Å². The van der Waals surface area contributed by atoms with Gasteiger partial charge in [0, 0.05) is 6.42 Å². The van der Waals surface area contributed by atoms with Crippen LogP contribution in [0.4, 0.5) is 0 Å². The van der Waals surface area contributed by atoms with Crippen LogP contribution in [0, 0.1) is 0 Å². The summed E-state index contributed by atoms with van der Waals surface area (Å²) in [7, 11) is 1.57. The van der Waals surface area contributed by atoms with Crippen molar-refractivity contribution in [2.45, 2.75) is 19.4 Å². The van der Waals surface area contributed by atoms with Crippen molar-refractivity contribution in [3.63, 3.8) is 0 Å². The molecule has 0 spiro atoms. The zero-order chi connectivity index (χ0) is 11.5. The van der Waals surface area contributed by atoms with E-state index in [1.54, 1.807) is 20.1 Å². The first-order valence-electron chi connectivity index (χ1n) is 5.38. The van der Waals surface area contributed by atoms with Gasteiger partial charge in [-0.15, -0.1) is 0 Å². The molecule has 1 aliphatic rings. The number of aliphatic hydroxyl groups is 1. The molecule has 1 N–H and O–H groups in total. The monoisotopic (exact) mass is 224 g/mol. The van der Waals surface area contributed by atoms with Crippen molar-refractivity contribution in [1.82, 2.24) is 0 Å². The predicted molar refractivity (Wildman–Crippen MR) is 59.2 cm³/mol. The average molecular weight is 224 g/mol. The Bertz CT molecular complexity index is 374. The molecule has 0 aromatic heterocycles. The molecular formula is C12H16O4. The fourth-order valence-corrected chi connectivity index (χ4v) is 1.81. The van der Waals surface area contributed by atoms with Gasteiger partial charge in [-0.1, -0.05) is 0 Å². The molecule has 1 heterocycles. The van der Waals surface area contributed by atoms with E-state index in [0.717, 1.165) is 6.42 Å². The minimum Gasteiger partial charge on any atom is -0.496 e. The number of fused-ring (bicyclic) bond motifs is 1. The number of hydrogen-bond acceptors (Lipinski definition) is 4. The maximum absolute atomic E-state index is 9.77. The van der Waals surface area contributed by atoms with Gasteiger partial charge in [-0.3, -0.25) is 0 Å². The Kier molecular flexibility index (Phi) is 3.19. The van der Waals surface area contributed by atoms with Crippen LogP contribution < -0.4 is 14.2 Å². The van der Waals surface area contributed by atoms with Crippen LogP contribution in [0.3, 0.4) is 0 Å². The van der Waals surface area contributed by atoms with E-state index in [0.29, 0.717) is 36.0 Å². The maximum atomic E-state index is 9.77. The zero-order valence-corrected chi connectivity index (χ0v) is 9.53. The van der Waals surface area contributed by atoms with Crippen molar-refractivity contribution in [1.29, 1.82) is 0 Å². The first kappa shape index (κ1) is 11.1. The fourth-order valence-electron chi connectivity index (χ4n) is 1.81. The third-order valence-corrected chi connectivity index (χ3v) is 2.55. The molecule has 0 amide bonds. The van der Waals surface area contributed by atoms with E-state index in [1.165, 1.54) is 0 Å². The van der Waals surface area contributed by atoms with E-state index in [9.17, 15) is 5.11 Å². The van der Waals surface area contributed by atoms with E-state index in [1.807, 2.05) is 6.07 Å². The summed E-state index contributed by atoms with van der Waals surface area (Å²) in [5.41, 5.74) is 0.655. The fraction of sp³-hybridized carbons (Fsp3) is 0.500. The lowest BCUT2D eigenvalue weighted by Gasteiger charge is -2.17. The summed E-state index contributed by atoms with van der Waals surface area (Å²) in [6, 6.07) is 3.60. The Morgan fingerprint density at radius 3 is 2.75 bits per heavy atom. The molecule has 0 saturated heterocycles. The third-order valence-electron chi connectivity index (χ3n) is 2.55. The minimum absolute atomic E-state index is 0.597. The van der Waals surface area contributed by atoms with Crippen LogP contribution in [0.2, 0.25) is 0 Å². The molecule has 1 aromatic rings. The smallest absolute Gasteiger partial charge is 0.170 e. The Morgan fingerprint density at radius 2 is 2.06 bits per heavy atom. The van der Waals surface area contributed by atoms with Crippen molar-refractivity contribution < 1.29 is 19.3 Å². The van der Waals surface area contributed by atoms with Gasteiger partial charge < -0.3 is 19.3 Å². The maximum Gasteiger partial charge on any atom is 0.170 e. The first-order valence-corrected chi connectivity index (χ1v) is 5.38. The van der Waals surface area contributed by atoms with Gasteiger partial charge in [0.25, 0.3) is 0 Å². The molecule has 1 atom stereocenters. The molecule has 4 heteroatoms. The molecule has 0 fully saturated rings. The van der Waals surface area contributed by atoms with Crippen molar-refractivity contribution in [3.05, 3.63) is 17.7 Å². The zero-order valence-electron chi connectivity index (χ0n) is 9.53. The molecule has 2 rings (SSSR count). The lowest BCUT2D eigenvalue weighted by atomic mass is 10.1. The lowest BCUT2D eigenvalue weighted by Crippen LogP contribution is -2.03. The van der Waals surface area contributed by atoms with Gasteiger partial charge in [0.15, 0.2) is 11.5 Å². The number of rotatable bonds is 2. The van der Waals surface area contributed by atoms with E-state index >= 15 is 0 Å². The topological polar surface area (TPSA) is 47.9 Å². The van der Waals surface area contributed by atoms with Gasteiger partial charge in [0.2, 0.25) is 0 Å². The highest BCUT2D eigenvalue weighted by Gasteiger charge is 2.21. The molecule has 16 heavy (non-hydrogen) atoms. The lowest BCUT2D eigenvalue weighted by molar-refractivity contribution is 0.186. The summed E-state index contributed by atoms with van der Waals surface area (Å²) in [5.74, 6) is 1.90. The van der Waals surface area contributed by atoms with Crippen LogP contribution in [-0.2, 0) is 0 Å². The summed E-state index contributed by atoms with van der Waals surface area (Å²) >= 11 is 0. The molecule has 1 unspecified atom stereocenters.